The molecule has 1 aromatic heterocycles. The van der Waals surface area contributed by atoms with Gasteiger partial charge in [0.1, 0.15) is 5.56 Å². The number of hydrogen-bond donors (Lipinski definition) is 0. The van der Waals surface area contributed by atoms with Crippen molar-refractivity contribution in [2.45, 2.75) is 26.1 Å². The van der Waals surface area contributed by atoms with Crippen molar-refractivity contribution in [3.05, 3.63) is 17.5 Å². The molecule has 0 saturated carbocycles. The van der Waals surface area contributed by atoms with Gasteiger partial charge < -0.3 is 4.74 Å². The monoisotopic (exact) mass is 236 g/mol. The third-order valence-electron chi connectivity index (χ3n) is 1.98. The molecule has 90 valence electrons. The highest BCUT2D eigenvalue weighted by molar-refractivity contribution is 5.90. The number of carbonyl (C=O) groups is 1. The predicted molar refractivity (Wildman–Crippen MR) is 48.9 cm³/mol. The molecule has 0 fully saturated rings. The van der Waals surface area contributed by atoms with Gasteiger partial charge in [0.15, 0.2) is 6.10 Å². The number of hydrogen-bond acceptors (Lipinski definition) is 3. The highest BCUT2D eigenvalue weighted by Gasteiger charge is 2.39. The van der Waals surface area contributed by atoms with Crippen LogP contribution in [-0.2, 0) is 11.8 Å². The number of rotatable bonds is 2. The largest absolute Gasteiger partial charge is 0.449 e. The number of esters is 1. The molecule has 0 aliphatic heterocycles. The van der Waals surface area contributed by atoms with Gasteiger partial charge in [0.2, 0.25) is 0 Å². The molecule has 0 aliphatic carbocycles. The maximum atomic E-state index is 12.1. The molecule has 4 nitrogen and oxygen atoms in total. The molecule has 7 heteroatoms. The number of aromatic nitrogens is 2. The van der Waals surface area contributed by atoms with E-state index < -0.39 is 18.2 Å². The molecule has 0 radical (unpaired) electrons. The van der Waals surface area contributed by atoms with Crippen LogP contribution in [0, 0.1) is 6.92 Å². The second kappa shape index (κ2) is 4.15. The lowest BCUT2D eigenvalue weighted by Crippen LogP contribution is -2.31. The van der Waals surface area contributed by atoms with Gasteiger partial charge >= 0.3 is 12.1 Å². The molecule has 1 aromatic rings. The summed E-state index contributed by atoms with van der Waals surface area (Å²) in [6, 6.07) is 0. The van der Waals surface area contributed by atoms with Crippen molar-refractivity contribution in [2.75, 3.05) is 0 Å². The van der Waals surface area contributed by atoms with Gasteiger partial charge in [0.05, 0.1) is 5.69 Å². The van der Waals surface area contributed by atoms with Crippen molar-refractivity contribution in [3.63, 3.8) is 0 Å². The third-order valence-corrected chi connectivity index (χ3v) is 1.98. The summed E-state index contributed by atoms with van der Waals surface area (Å²) in [5.41, 5.74) is 0.375. The van der Waals surface area contributed by atoms with Crippen LogP contribution in [0.15, 0.2) is 6.20 Å². The fraction of sp³-hybridized carbons (Fsp3) is 0.556. The Labute approximate surface area is 90.0 Å². The molecule has 1 rings (SSSR count). The van der Waals surface area contributed by atoms with E-state index in [4.69, 9.17) is 0 Å². The zero-order valence-electron chi connectivity index (χ0n) is 9.00. The predicted octanol–water partition coefficient (Wildman–Crippen LogP) is 1.84. The Morgan fingerprint density at radius 1 is 1.56 bits per heavy atom. The molecule has 1 unspecified atom stereocenters. The lowest BCUT2D eigenvalue weighted by molar-refractivity contribution is -0.198. The fourth-order valence-corrected chi connectivity index (χ4v) is 1.09. The van der Waals surface area contributed by atoms with Crippen LogP contribution in [-0.4, -0.2) is 28.0 Å². The third kappa shape index (κ3) is 2.74. The van der Waals surface area contributed by atoms with Crippen LogP contribution in [0.5, 0.6) is 0 Å². The number of aryl methyl sites for hydroxylation is 2. The van der Waals surface area contributed by atoms with E-state index in [-0.39, 0.29) is 5.56 Å². The van der Waals surface area contributed by atoms with E-state index in [0.29, 0.717) is 5.69 Å². The Morgan fingerprint density at radius 3 is 2.50 bits per heavy atom. The number of alkyl halides is 3. The molecule has 1 atom stereocenters. The summed E-state index contributed by atoms with van der Waals surface area (Å²) < 4.78 is 42.0. The number of nitrogens with zero attached hydrogens (tertiary/aromatic N) is 2. The van der Waals surface area contributed by atoms with Crippen molar-refractivity contribution in [1.82, 2.24) is 9.78 Å². The van der Waals surface area contributed by atoms with E-state index >= 15 is 0 Å². The van der Waals surface area contributed by atoms with E-state index in [0.717, 1.165) is 6.92 Å². The molecule has 0 spiro atoms. The Kier molecular flexibility index (Phi) is 3.25. The maximum Gasteiger partial charge on any atom is 0.425 e. The normalized spacial score (nSPS) is 13.6. The van der Waals surface area contributed by atoms with Crippen LogP contribution in [0.1, 0.15) is 23.0 Å². The van der Waals surface area contributed by atoms with Crippen molar-refractivity contribution < 1.29 is 22.7 Å². The number of halogens is 3. The van der Waals surface area contributed by atoms with Crippen LogP contribution in [0.4, 0.5) is 13.2 Å². The van der Waals surface area contributed by atoms with Gasteiger partial charge in [-0.2, -0.15) is 18.3 Å². The van der Waals surface area contributed by atoms with Gasteiger partial charge in [0, 0.05) is 13.2 Å². The molecule has 0 aliphatic rings. The van der Waals surface area contributed by atoms with Crippen LogP contribution in [0.2, 0.25) is 0 Å². The zero-order chi connectivity index (χ0) is 12.5. The smallest absolute Gasteiger partial charge is 0.425 e. The van der Waals surface area contributed by atoms with E-state index in [9.17, 15) is 18.0 Å². The van der Waals surface area contributed by atoms with Crippen LogP contribution in [0.25, 0.3) is 0 Å². The molecule has 0 saturated heterocycles. The Balaban J connectivity index is 2.77. The maximum absolute atomic E-state index is 12.1. The van der Waals surface area contributed by atoms with Crippen LogP contribution >= 0.6 is 0 Å². The first-order valence-corrected chi connectivity index (χ1v) is 4.49. The van der Waals surface area contributed by atoms with Gasteiger partial charge in [-0.1, -0.05) is 0 Å². The van der Waals surface area contributed by atoms with Crippen molar-refractivity contribution >= 4 is 5.97 Å². The lowest BCUT2D eigenvalue weighted by atomic mass is 10.2. The van der Waals surface area contributed by atoms with Crippen LogP contribution < -0.4 is 0 Å². The zero-order valence-corrected chi connectivity index (χ0v) is 9.00. The first-order chi connectivity index (χ1) is 7.21. The summed E-state index contributed by atoms with van der Waals surface area (Å²) in [6.45, 7) is 2.30. The summed E-state index contributed by atoms with van der Waals surface area (Å²) in [5.74, 6) is -1.02. The highest BCUT2D eigenvalue weighted by atomic mass is 19.4. The fourth-order valence-electron chi connectivity index (χ4n) is 1.09. The minimum atomic E-state index is -4.55. The molecule has 16 heavy (non-hydrogen) atoms. The molecular formula is C9H11F3N2O2. The quantitative estimate of drug-likeness (QED) is 0.736. The molecule has 0 aromatic carbocycles. The van der Waals surface area contributed by atoms with Crippen molar-refractivity contribution in [1.29, 1.82) is 0 Å². The summed E-state index contributed by atoms with van der Waals surface area (Å²) in [6.07, 6.45) is -5.35. The minimum absolute atomic E-state index is 0.0404. The van der Waals surface area contributed by atoms with E-state index in [1.807, 2.05) is 0 Å². The van der Waals surface area contributed by atoms with Crippen molar-refractivity contribution in [2.24, 2.45) is 7.05 Å². The van der Waals surface area contributed by atoms with Gasteiger partial charge in [-0.15, -0.1) is 0 Å². The summed E-state index contributed by atoms with van der Waals surface area (Å²) in [5, 5.41) is 3.84. The summed E-state index contributed by atoms with van der Waals surface area (Å²) in [4.78, 5) is 11.4. The van der Waals surface area contributed by atoms with Gasteiger partial charge in [-0.3, -0.25) is 4.68 Å². The first-order valence-electron chi connectivity index (χ1n) is 4.49. The SMILES string of the molecule is Cc1nn(C)cc1C(=O)OC(C)C(F)(F)F. The Morgan fingerprint density at radius 2 is 2.12 bits per heavy atom. The summed E-state index contributed by atoms with van der Waals surface area (Å²) >= 11 is 0. The topological polar surface area (TPSA) is 44.1 Å². The van der Waals surface area contributed by atoms with Gasteiger partial charge in [-0.25, -0.2) is 4.79 Å². The average Bonchev–Trinajstić information content (AvgIpc) is 2.43. The van der Waals surface area contributed by atoms with Gasteiger partial charge in [-0.05, 0) is 13.8 Å². The molecule has 1 heterocycles. The van der Waals surface area contributed by atoms with Crippen molar-refractivity contribution in [3.8, 4) is 0 Å². The molecular weight excluding hydrogens is 225 g/mol. The van der Waals surface area contributed by atoms with E-state index in [2.05, 4.69) is 9.84 Å². The van der Waals surface area contributed by atoms with Gasteiger partial charge in [0.25, 0.3) is 0 Å². The second-order valence-corrected chi connectivity index (χ2v) is 3.39. The first kappa shape index (κ1) is 12.5. The highest BCUT2D eigenvalue weighted by Crippen LogP contribution is 2.23. The molecule has 0 N–H and O–H groups in total. The van der Waals surface area contributed by atoms with E-state index in [1.165, 1.54) is 17.8 Å². The number of ether oxygens (including phenoxy) is 1. The number of carbonyl (C=O) groups excluding carboxylic acids is 1. The Bertz CT molecular complexity index is 398. The van der Waals surface area contributed by atoms with E-state index in [1.54, 1.807) is 7.05 Å². The Hall–Kier alpha value is -1.53. The van der Waals surface area contributed by atoms with Crippen LogP contribution in [0.3, 0.4) is 0 Å². The molecule has 0 amide bonds. The lowest BCUT2D eigenvalue weighted by Gasteiger charge is -2.15. The standard InChI is InChI=1S/C9H11F3N2O2/c1-5-7(4-14(3)13-5)8(15)16-6(2)9(10,11)12/h4,6H,1-3H3. The average molecular weight is 236 g/mol. The second-order valence-electron chi connectivity index (χ2n) is 3.39. The minimum Gasteiger partial charge on any atom is -0.449 e. The summed E-state index contributed by atoms with van der Waals surface area (Å²) in [7, 11) is 1.57. The molecule has 0 bridgehead atoms.